The lowest BCUT2D eigenvalue weighted by Gasteiger charge is -2.36. The Bertz CT molecular complexity index is 1370. The van der Waals surface area contributed by atoms with Crippen molar-refractivity contribution in [2.24, 2.45) is 5.92 Å². The number of benzene rings is 1. The molecule has 2 saturated heterocycles. The van der Waals surface area contributed by atoms with E-state index in [4.69, 9.17) is 24.3 Å². The van der Waals surface area contributed by atoms with Gasteiger partial charge in [-0.05, 0) is 49.0 Å². The van der Waals surface area contributed by atoms with Gasteiger partial charge in [-0.2, -0.15) is 41.1 Å². The van der Waals surface area contributed by atoms with Gasteiger partial charge in [0.15, 0.2) is 0 Å². The summed E-state index contributed by atoms with van der Waals surface area (Å²) in [5, 5.41) is 27.1. The van der Waals surface area contributed by atoms with Crippen LogP contribution in [0.15, 0.2) is 22.7 Å². The number of hydrogen-bond acceptors (Lipinski definition) is 8. The van der Waals surface area contributed by atoms with Crippen molar-refractivity contribution in [3.8, 4) is 5.95 Å². The second-order valence-corrected chi connectivity index (χ2v) is 10.2. The molecule has 0 atom stereocenters. The van der Waals surface area contributed by atoms with E-state index in [9.17, 15) is 30.7 Å². The Morgan fingerprint density at radius 1 is 1.05 bits per heavy atom. The van der Waals surface area contributed by atoms with Gasteiger partial charge in [0.1, 0.15) is 11.3 Å². The van der Waals surface area contributed by atoms with E-state index in [0.29, 0.717) is 17.4 Å². The molecule has 0 saturated carbocycles. The number of carboxylic acid groups (broad SMARTS) is 2. The van der Waals surface area contributed by atoms with Crippen LogP contribution in [-0.4, -0.2) is 92.0 Å². The highest BCUT2D eigenvalue weighted by atomic mass is 19.4. The third kappa shape index (κ3) is 8.85. The smallest absolute Gasteiger partial charge is 0.475 e. The van der Waals surface area contributed by atoms with E-state index in [2.05, 4.69) is 25.5 Å². The molecule has 5 rings (SSSR count). The molecule has 0 bridgehead atoms. The third-order valence-corrected chi connectivity index (χ3v) is 6.65. The SMILES string of the molecule is CC(C)c1nn(-c2noc(C3CCN(CC4CNC4)CC3)n2)c2c(F)cccc12.O=C(O)C(F)(F)F.O=C(O)C(F)(F)F. The first-order chi connectivity index (χ1) is 20.0. The normalized spacial score (nSPS) is 16.7. The van der Waals surface area contributed by atoms with E-state index in [1.54, 1.807) is 6.07 Å². The summed E-state index contributed by atoms with van der Waals surface area (Å²) in [5.74, 6) is -3.68. The van der Waals surface area contributed by atoms with Gasteiger partial charge in [-0.3, -0.25) is 0 Å². The Kier molecular flexibility index (Phi) is 10.7. The average molecular weight is 627 g/mol. The molecule has 0 radical (unpaired) electrons. The molecule has 2 aliphatic heterocycles. The summed E-state index contributed by atoms with van der Waals surface area (Å²) in [7, 11) is 0. The summed E-state index contributed by atoms with van der Waals surface area (Å²) in [5.41, 5.74) is 1.25. The Balaban J connectivity index is 0.000000303. The summed E-state index contributed by atoms with van der Waals surface area (Å²) >= 11 is 0. The van der Waals surface area contributed by atoms with Crippen LogP contribution in [0.25, 0.3) is 16.9 Å². The topological polar surface area (TPSA) is 147 Å². The van der Waals surface area contributed by atoms with Crippen molar-refractivity contribution in [2.75, 3.05) is 32.7 Å². The molecule has 238 valence electrons. The molecular formula is C25H29F7N6O5. The number of fused-ring (bicyclic) bond motifs is 1. The minimum atomic E-state index is -5.08. The first-order valence-corrected chi connectivity index (χ1v) is 13.0. The average Bonchev–Trinajstić information content (AvgIpc) is 3.52. The maximum Gasteiger partial charge on any atom is 0.490 e. The molecule has 18 heteroatoms. The van der Waals surface area contributed by atoms with E-state index in [0.717, 1.165) is 56.0 Å². The van der Waals surface area contributed by atoms with Crippen LogP contribution in [0.1, 0.15) is 50.1 Å². The number of nitrogens with zero attached hydrogens (tertiary/aromatic N) is 5. The lowest BCUT2D eigenvalue weighted by Crippen LogP contribution is -2.49. The lowest BCUT2D eigenvalue weighted by molar-refractivity contribution is -0.193. The summed E-state index contributed by atoms with van der Waals surface area (Å²) < 4.78 is 85.2. The van der Waals surface area contributed by atoms with E-state index < -0.39 is 24.3 Å². The first-order valence-electron chi connectivity index (χ1n) is 13.0. The second kappa shape index (κ2) is 13.7. The van der Waals surface area contributed by atoms with Crippen molar-refractivity contribution in [1.29, 1.82) is 0 Å². The highest BCUT2D eigenvalue weighted by Crippen LogP contribution is 2.31. The molecule has 2 aromatic heterocycles. The van der Waals surface area contributed by atoms with Crippen molar-refractivity contribution in [3.63, 3.8) is 0 Å². The number of aliphatic carboxylic acids is 2. The third-order valence-electron chi connectivity index (χ3n) is 6.65. The van der Waals surface area contributed by atoms with Crippen molar-refractivity contribution in [3.05, 3.63) is 35.6 Å². The van der Waals surface area contributed by atoms with Crippen LogP contribution < -0.4 is 5.32 Å². The number of piperidine rings is 1. The fraction of sp³-hybridized carbons (Fsp3) is 0.560. The van der Waals surface area contributed by atoms with Gasteiger partial charge in [0, 0.05) is 30.9 Å². The van der Waals surface area contributed by atoms with Gasteiger partial charge in [0.05, 0.1) is 5.69 Å². The van der Waals surface area contributed by atoms with Crippen molar-refractivity contribution in [2.45, 2.75) is 50.9 Å². The van der Waals surface area contributed by atoms with Gasteiger partial charge in [-0.25, -0.2) is 14.0 Å². The van der Waals surface area contributed by atoms with Gasteiger partial charge in [0.2, 0.25) is 5.89 Å². The zero-order valence-electron chi connectivity index (χ0n) is 22.9. The van der Waals surface area contributed by atoms with Crippen LogP contribution in [0.5, 0.6) is 0 Å². The summed E-state index contributed by atoms with van der Waals surface area (Å²) in [6.07, 6.45) is -8.15. The summed E-state index contributed by atoms with van der Waals surface area (Å²) in [6.45, 7) is 9.65. The van der Waals surface area contributed by atoms with Crippen LogP contribution in [0, 0.1) is 11.7 Å². The number of rotatable bonds is 5. The second-order valence-electron chi connectivity index (χ2n) is 10.2. The minimum absolute atomic E-state index is 0.169. The molecule has 2 fully saturated rings. The van der Waals surface area contributed by atoms with Crippen LogP contribution in [-0.2, 0) is 9.59 Å². The quantitative estimate of drug-likeness (QED) is 0.350. The summed E-state index contributed by atoms with van der Waals surface area (Å²) in [6, 6.07) is 5.05. The van der Waals surface area contributed by atoms with Crippen LogP contribution in [0.2, 0.25) is 0 Å². The molecule has 0 spiro atoms. The maximum atomic E-state index is 14.6. The van der Waals surface area contributed by atoms with Gasteiger partial charge >= 0.3 is 24.3 Å². The summed E-state index contributed by atoms with van der Waals surface area (Å²) in [4.78, 5) is 24.9. The lowest BCUT2D eigenvalue weighted by atomic mass is 9.95. The molecule has 11 nitrogen and oxygen atoms in total. The van der Waals surface area contributed by atoms with Gasteiger partial charge in [0.25, 0.3) is 5.95 Å². The minimum Gasteiger partial charge on any atom is -0.475 e. The number of halogens is 7. The molecule has 0 amide bonds. The molecule has 0 unspecified atom stereocenters. The Morgan fingerprint density at radius 3 is 2.07 bits per heavy atom. The standard InChI is InChI=1S/C21H27FN6O.2C2HF3O2/c1-13(2)18-16-4-3-5-17(22)19(16)28(25-18)21-24-20(29-26-21)15-6-8-27(9-7-15)12-14-10-23-11-14;2*3-2(4,5)1(6)7/h3-5,13-15,23H,6-12H2,1-2H3;2*(H,6,7). The molecule has 2 aliphatic rings. The van der Waals surface area contributed by atoms with Crippen molar-refractivity contribution in [1.82, 2.24) is 30.1 Å². The number of likely N-dealkylation sites (tertiary alicyclic amines) is 1. The van der Waals surface area contributed by atoms with Crippen LogP contribution in [0.3, 0.4) is 0 Å². The number of hydrogen-bond donors (Lipinski definition) is 3. The van der Waals surface area contributed by atoms with Gasteiger partial charge in [-0.1, -0.05) is 26.0 Å². The predicted molar refractivity (Wildman–Crippen MR) is 135 cm³/mol. The van der Waals surface area contributed by atoms with Crippen molar-refractivity contribution < 1.29 is 55.1 Å². The number of aromatic nitrogens is 4. The zero-order valence-corrected chi connectivity index (χ0v) is 22.9. The fourth-order valence-electron chi connectivity index (χ4n) is 4.40. The van der Waals surface area contributed by atoms with E-state index in [-0.39, 0.29) is 17.7 Å². The highest BCUT2D eigenvalue weighted by molar-refractivity contribution is 5.84. The highest BCUT2D eigenvalue weighted by Gasteiger charge is 2.39. The fourth-order valence-corrected chi connectivity index (χ4v) is 4.40. The number of para-hydroxylation sites is 1. The molecule has 3 N–H and O–H groups in total. The molecule has 4 heterocycles. The van der Waals surface area contributed by atoms with Crippen LogP contribution in [0.4, 0.5) is 30.7 Å². The number of nitrogens with one attached hydrogen (secondary N) is 1. The number of carboxylic acids is 2. The Hall–Kier alpha value is -3.80. The first kappa shape index (κ1) is 33.7. The zero-order chi connectivity index (χ0) is 32.1. The molecule has 0 aliphatic carbocycles. The van der Waals surface area contributed by atoms with Gasteiger partial charge < -0.3 is 25.0 Å². The van der Waals surface area contributed by atoms with Crippen LogP contribution >= 0.6 is 0 Å². The van der Waals surface area contributed by atoms with E-state index in [1.807, 2.05) is 19.9 Å². The Morgan fingerprint density at radius 2 is 1.60 bits per heavy atom. The molecule has 3 aromatic rings. The largest absolute Gasteiger partial charge is 0.490 e. The molecule has 43 heavy (non-hydrogen) atoms. The van der Waals surface area contributed by atoms with E-state index >= 15 is 0 Å². The van der Waals surface area contributed by atoms with E-state index in [1.165, 1.54) is 17.3 Å². The number of carbonyl (C=O) groups is 2. The monoisotopic (exact) mass is 626 g/mol. The molecule has 1 aromatic carbocycles. The predicted octanol–water partition coefficient (Wildman–Crippen LogP) is 4.34. The van der Waals surface area contributed by atoms with Crippen molar-refractivity contribution >= 4 is 22.8 Å². The number of alkyl halides is 6. The maximum absolute atomic E-state index is 14.6. The molecular weight excluding hydrogens is 597 g/mol. The van der Waals surface area contributed by atoms with Gasteiger partial charge in [-0.15, -0.1) is 0 Å². The Labute approximate surface area is 239 Å².